The zero-order chi connectivity index (χ0) is 16.1. The number of aromatic nitrogens is 1. The molecule has 2 heterocycles. The molecule has 0 aliphatic carbocycles. The van der Waals surface area contributed by atoms with Gasteiger partial charge in [-0.25, -0.2) is 4.98 Å². The maximum absolute atomic E-state index is 9.34. The summed E-state index contributed by atoms with van der Waals surface area (Å²) in [6.45, 7) is 2.60. The van der Waals surface area contributed by atoms with Crippen LogP contribution in [-0.4, -0.2) is 11.6 Å². The summed E-state index contributed by atoms with van der Waals surface area (Å²) in [6, 6.07) is 13.5. The number of hydrogen-bond donors (Lipinski definition) is 0. The van der Waals surface area contributed by atoms with Gasteiger partial charge in [-0.15, -0.1) is 11.3 Å². The third-order valence-corrected chi connectivity index (χ3v) is 4.02. The topological polar surface area (TPSA) is 59.0 Å². The molecule has 23 heavy (non-hydrogen) atoms. The summed E-state index contributed by atoms with van der Waals surface area (Å²) < 4.78 is 10.7. The third kappa shape index (κ3) is 3.50. The molecule has 0 spiro atoms. The van der Waals surface area contributed by atoms with E-state index in [1.54, 1.807) is 24.5 Å². The molecule has 4 nitrogen and oxygen atoms in total. The number of nitriles is 1. The van der Waals surface area contributed by atoms with Crippen LogP contribution >= 0.6 is 11.3 Å². The van der Waals surface area contributed by atoms with Crippen LogP contribution in [0.3, 0.4) is 0 Å². The van der Waals surface area contributed by atoms with Crippen molar-refractivity contribution in [1.82, 2.24) is 4.98 Å². The molecule has 0 unspecified atom stereocenters. The predicted molar refractivity (Wildman–Crippen MR) is 90.9 cm³/mol. The Labute approximate surface area is 138 Å². The second kappa shape index (κ2) is 6.95. The molecule has 0 amide bonds. The quantitative estimate of drug-likeness (QED) is 0.629. The number of nitrogens with zero attached hydrogens (tertiary/aromatic N) is 2. The van der Waals surface area contributed by atoms with Crippen LogP contribution in [0.15, 0.2) is 52.5 Å². The van der Waals surface area contributed by atoms with E-state index in [1.165, 1.54) is 11.3 Å². The van der Waals surface area contributed by atoms with Crippen LogP contribution in [0.1, 0.15) is 17.7 Å². The van der Waals surface area contributed by atoms with E-state index in [-0.39, 0.29) is 0 Å². The largest absolute Gasteiger partial charge is 0.494 e. The van der Waals surface area contributed by atoms with Gasteiger partial charge in [0.05, 0.1) is 24.1 Å². The summed E-state index contributed by atoms with van der Waals surface area (Å²) in [5.41, 5.74) is 2.32. The molecule has 0 saturated heterocycles. The van der Waals surface area contributed by atoms with Crippen molar-refractivity contribution >= 4 is 23.0 Å². The lowest BCUT2D eigenvalue weighted by Crippen LogP contribution is -1.90. The van der Waals surface area contributed by atoms with Gasteiger partial charge in [0.2, 0.25) is 0 Å². The van der Waals surface area contributed by atoms with Gasteiger partial charge < -0.3 is 9.15 Å². The van der Waals surface area contributed by atoms with Crippen LogP contribution in [0.25, 0.3) is 22.9 Å². The molecule has 0 radical (unpaired) electrons. The maximum Gasteiger partial charge on any atom is 0.134 e. The van der Waals surface area contributed by atoms with Gasteiger partial charge in [0.15, 0.2) is 0 Å². The number of rotatable bonds is 5. The van der Waals surface area contributed by atoms with Gasteiger partial charge in [0.25, 0.3) is 0 Å². The first-order valence-corrected chi connectivity index (χ1v) is 8.02. The molecule has 0 aliphatic rings. The first-order valence-electron chi connectivity index (χ1n) is 7.14. The Bertz CT molecular complexity index is 840. The van der Waals surface area contributed by atoms with Gasteiger partial charge in [-0.3, -0.25) is 0 Å². The van der Waals surface area contributed by atoms with Crippen molar-refractivity contribution in [3.05, 3.63) is 58.8 Å². The van der Waals surface area contributed by atoms with Crippen LogP contribution in [0.2, 0.25) is 0 Å². The minimum absolute atomic E-state index is 0.488. The van der Waals surface area contributed by atoms with E-state index < -0.39 is 0 Å². The van der Waals surface area contributed by atoms with E-state index >= 15 is 0 Å². The highest BCUT2D eigenvalue weighted by Gasteiger charge is 2.10. The van der Waals surface area contributed by atoms with E-state index in [0.717, 1.165) is 17.0 Å². The number of hydrogen-bond acceptors (Lipinski definition) is 5. The molecule has 2 aromatic heterocycles. The Balaban J connectivity index is 1.86. The molecule has 3 rings (SSSR count). The second-order valence-electron chi connectivity index (χ2n) is 4.68. The molecule has 0 atom stereocenters. The standard InChI is InChI=1S/C18H14N2O2S/c1-2-21-15-7-5-13(6-8-15)17-12-23-18(20-17)14(11-19)10-16-4-3-9-22-16/h3-10,12H,2H2,1H3. The minimum Gasteiger partial charge on any atom is -0.494 e. The Hall–Kier alpha value is -2.84. The van der Waals surface area contributed by atoms with E-state index in [2.05, 4.69) is 11.1 Å². The van der Waals surface area contributed by atoms with E-state index in [1.807, 2.05) is 36.6 Å². The highest BCUT2D eigenvalue weighted by Crippen LogP contribution is 2.28. The van der Waals surface area contributed by atoms with Crippen molar-refractivity contribution in [3.8, 4) is 23.1 Å². The molecular formula is C18H14N2O2S. The smallest absolute Gasteiger partial charge is 0.134 e. The SMILES string of the molecule is CCOc1ccc(-c2csc(C(C#N)=Cc3ccco3)n2)cc1. The van der Waals surface area contributed by atoms with Crippen molar-refractivity contribution in [3.63, 3.8) is 0 Å². The monoisotopic (exact) mass is 322 g/mol. The predicted octanol–water partition coefficient (Wildman–Crippen LogP) is 4.87. The number of furan rings is 1. The van der Waals surface area contributed by atoms with Crippen molar-refractivity contribution in [2.45, 2.75) is 6.92 Å². The zero-order valence-electron chi connectivity index (χ0n) is 12.5. The Morgan fingerprint density at radius 3 is 2.83 bits per heavy atom. The summed E-state index contributed by atoms with van der Waals surface area (Å²) in [6.07, 6.45) is 3.27. The lowest BCUT2D eigenvalue weighted by Gasteiger charge is -2.03. The second-order valence-corrected chi connectivity index (χ2v) is 5.54. The van der Waals surface area contributed by atoms with E-state index in [4.69, 9.17) is 9.15 Å². The van der Waals surface area contributed by atoms with Crippen LogP contribution in [0.5, 0.6) is 5.75 Å². The van der Waals surface area contributed by atoms with Gasteiger partial charge >= 0.3 is 0 Å². The first-order chi connectivity index (χ1) is 11.3. The zero-order valence-corrected chi connectivity index (χ0v) is 13.3. The average Bonchev–Trinajstić information content (AvgIpc) is 3.25. The number of ether oxygens (including phenoxy) is 1. The number of thiazole rings is 1. The molecule has 0 saturated carbocycles. The molecule has 0 fully saturated rings. The molecule has 0 bridgehead atoms. The van der Waals surface area contributed by atoms with Crippen molar-refractivity contribution in [2.75, 3.05) is 6.61 Å². The van der Waals surface area contributed by atoms with Gasteiger partial charge in [0.1, 0.15) is 22.6 Å². The molecule has 5 heteroatoms. The summed E-state index contributed by atoms with van der Waals surface area (Å²) in [5, 5.41) is 12.0. The average molecular weight is 322 g/mol. The minimum atomic E-state index is 0.488. The summed E-state index contributed by atoms with van der Waals surface area (Å²) in [5.74, 6) is 1.47. The van der Waals surface area contributed by atoms with Gasteiger partial charge in [-0.1, -0.05) is 0 Å². The number of benzene rings is 1. The van der Waals surface area contributed by atoms with Crippen LogP contribution < -0.4 is 4.74 Å². The van der Waals surface area contributed by atoms with Crippen molar-refractivity contribution < 1.29 is 9.15 Å². The van der Waals surface area contributed by atoms with Crippen molar-refractivity contribution in [2.24, 2.45) is 0 Å². The van der Waals surface area contributed by atoms with E-state index in [0.29, 0.717) is 22.9 Å². The van der Waals surface area contributed by atoms with Gasteiger partial charge in [-0.2, -0.15) is 5.26 Å². The Morgan fingerprint density at radius 2 is 2.17 bits per heavy atom. The molecule has 114 valence electrons. The van der Waals surface area contributed by atoms with Gasteiger partial charge in [0, 0.05) is 17.0 Å². The number of allylic oxidation sites excluding steroid dienone is 1. The molecule has 0 aliphatic heterocycles. The normalized spacial score (nSPS) is 11.2. The van der Waals surface area contributed by atoms with E-state index in [9.17, 15) is 5.26 Å². The summed E-state index contributed by atoms with van der Waals surface area (Å²) in [7, 11) is 0. The molecule has 0 N–H and O–H groups in total. The maximum atomic E-state index is 9.34. The van der Waals surface area contributed by atoms with Crippen LogP contribution in [0.4, 0.5) is 0 Å². The van der Waals surface area contributed by atoms with Crippen LogP contribution in [0, 0.1) is 11.3 Å². The lowest BCUT2D eigenvalue weighted by molar-refractivity contribution is 0.340. The Kier molecular flexibility index (Phi) is 4.55. The third-order valence-electron chi connectivity index (χ3n) is 3.15. The Morgan fingerprint density at radius 1 is 1.35 bits per heavy atom. The molecule has 1 aromatic carbocycles. The molecule has 3 aromatic rings. The highest BCUT2D eigenvalue weighted by atomic mass is 32.1. The van der Waals surface area contributed by atoms with Crippen LogP contribution in [-0.2, 0) is 0 Å². The summed E-state index contributed by atoms with van der Waals surface area (Å²) in [4.78, 5) is 4.55. The summed E-state index contributed by atoms with van der Waals surface area (Å²) >= 11 is 1.44. The van der Waals surface area contributed by atoms with Gasteiger partial charge in [-0.05, 0) is 43.3 Å². The molecular weight excluding hydrogens is 308 g/mol. The fourth-order valence-corrected chi connectivity index (χ4v) is 2.87. The fourth-order valence-electron chi connectivity index (χ4n) is 2.08. The van der Waals surface area contributed by atoms with Crippen molar-refractivity contribution in [1.29, 1.82) is 5.26 Å². The first kappa shape index (κ1) is 15.1. The lowest BCUT2D eigenvalue weighted by atomic mass is 10.1. The highest BCUT2D eigenvalue weighted by molar-refractivity contribution is 7.11. The fraction of sp³-hybridized carbons (Fsp3) is 0.111.